The third-order valence-corrected chi connectivity index (χ3v) is 4.48. The van der Waals surface area contributed by atoms with Crippen molar-refractivity contribution in [3.05, 3.63) is 24.3 Å². The summed E-state index contributed by atoms with van der Waals surface area (Å²) in [7, 11) is 0. The maximum atomic E-state index is 11.9. The van der Waals surface area contributed by atoms with E-state index in [9.17, 15) is 4.79 Å². The Morgan fingerprint density at radius 3 is 2.42 bits per heavy atom. The van der Waals surface area contributed by atoms with Crippen molar-refractivity contribution in [2.75, 3.05) is 11.5 Å². The Morgan fingerprint density at radius 2 is 1.79 bits per heavy atom. The molecule has 3 N–H and O–H groups in total. The van der Waals surface area contributed by atoms with E-state index < -0.39 is 0 Å². The fourth-order valence-electron chi connectivity index (χ4n) is 2.41. The minimum atomic E-state index is 0.147. The molecule has 1 fully saturated rings. The number of carbonyl (C=O) groups is 1. The zero-order chi connectivity index (χ0) is 13.5. The molecule has 0 aliphatic heterocycles. The summed E-state index contributed by atoms with van der Waals surface area (Å²) in [6.45, 7) is 0. The molecule has 0 atom stereocenters. The van der Waals surface area contributed by atoms with Crippen molar-refractivity contribution in [3.8, 4) is 0 Å². The Balaban J connectivity index is 1.73. The first kappa shape index (κ1) is 14.3. The van der Waals surface area contributed by atoms with Crippen LogP contribution in [-0.4, -0.2) is 17.7 Å². The van der Waals surface area contributed by atoms with E-state index in [1.165, 1.54) is 25.7 Å². The number of nitrogen functional groups attached to an aromatic ring is 1. The van der Waals surface area contributed by atoms with Crippen LogP contribution in [0.25, 0.3) is 0 Å². The summed E-state index contributed by atoms with van der Waals surface area (Å²) in [6, 6.07) is 8.04. The predicted octanol–water partition coefficient (Wildman–Crippen LogP) is 3.20. The van der Waals surface area contributed by atoms with Crippen molar-refractivity contribution in [3.63, 3.8) is 0 Å². The summed E-state index contributed by atoms with van der Waals surface area (Å²) in [5.41, 5.74) is 6.39. The Bertz CT molecular complexity index is 397. The van der Waals surface area contributed by atoms with Crippen LogP contribution in [-0.2, 0) is 4.79 Å². The third-order valence-electron chi connectivity index (χ3n) is 3.47. The molecule has 1 aliphatic carbocycles. The average molecular weight is 278 g/mol. The number of anilines is 1. The average Bonchev–Trinajstić information content (AvgIpc) is 2.67. The van der Waals surface area contributed by atoms with Crippen LogP contribution >= 0.6 is 11.8 Å². The lowest BCUT2D eigenvalue weighted by Gasteiger charge is -2.15. The third kappa shape index (κ3) is 5.15. The lowest BCUT2D eigenvalue weighted by Crippen LogP contribution is -2.35. The monoisotopic (exact) mass is 278 g/mol. The highest BCUT2D eigenvalue weighted by Gasteiger charge is 2.14. The van der Waals surface area contributed by atoms with E-state index in [1.54, 1.807) is 11.8 Å². The van der Waals surface area contributed by atoms with Crippen molar-refractivity contribution in [2.24, 2.45) is 0 Å². The first-order valence-electron chi connectivity index (χ1n) is 7.02. The largest absolute Gasteiger partial charge is 0.399 e. The van der Waals surface area contributed by atoms with Gasteiger partial charge in [-0.2, -0.15) is 0 Å². The maximum absolute atomic E-state index is 11.9. The van der Waals surface area contributed by atoms with E-state index >= 15 is 0 Å². The van der Waals surface area contributed by atoms with Crippen LogP contribution in [0.2, 0.25) is 0 Å². The van der Waals surface area contributed by atoms with Gasteiger partial charge < -0.3 is 11.1 Å². The quantitative estimate of drug-likeness (QED) is 0.505. The van der Waals surface area contributed by atoms with Crippen LogP contribution in [0.5, 0.6) is 0 Å². The normalized spacial score (nSPS) is 16.8. The van der Waals surface area contributed by atoms with Gasteiger partial charge in [0.15, 0.2) is 0 Å². The van der Waals surface area contributed by atoms with Crippen molar-refractivity contribution < 1.29 is 4.79 Å². The number of hydrogen-bond acceptors (Lipinski definition) is 3. The zero-order valence-electron chi connectivity index (χ0n) is 11.2. The fraction of sp³-hybridized carbons (Fsp3) is 0.533. The minimum Gasteiger partial charge on any atom is -0.399 e. The van der Waals surface area contributed by atoms with Crippen LogP contribution in [0.4, 0.5) is 5.69 Å². The number of benzene rings is 1. The van der Waals surface area contributed by atoms with Crippen LogP contribution in [0, 0.1) is 0 Å². The molecule has 0 saturated heterocycles. The molecule has 1 aliphatic rings. The van der Waals surface area contributed by atoms with Crippen molar-refractivity contribution in [1.82, 2.24) is 5.32 Å². The summed E-state index contributed by atoms with van der Waals surface area (Å²) in [5, 5.41) is 3.16. The lowest BCUT2D eigenvalue weighted by atomic mass is 10.1. The first-order valence-corrected chi connectivity index (χ1v) is 8.00. The van der Waals surface area contributed by atoms with E-state index in [2.05, 4.69) is 5.32 Å². The molecular weight excluding hydrogens is 256 g/mol. The van der Waals surface area contributed by atoms with Gasteiger partial charge in [0.1, 0.15) is 0 Å². The second-order valence-electron chi connectivity index (χ2n) is 5.11. The number of amides is 1. The number of nitrogens with one attached hydrogen (secondary N) is 1. The standard InChI is InChI=1S/C15H22N2OS/c16-12-7-9-14(10-8-12)19-11-15(18)17-13-5-3-1-2-4-6-13/h7-10,13H,1-6,11,16H2,(H,17,18). The Kier molecular flexibility index (Phi) is 5.58. The number of nitrogens with two attached hydrogens (primary N) is 1. The van der Waals surface area contributed by atoms with Crippen molar-refractivity contribution >= 4 is 23.4 Å². The molecule has 0 spiro atoms. The van der Waals surface area contributed by atoms with Gasteiger partial charge in [-0.05, 0) is 37.1 Å². The highest BCUT2D eigenvalue weighted by Crippen LogP contribution is 2.20. The van der Waals surface area contributed by atoms with Gasteiger partial charge in [0.05, 0.1) is 5.75 Å². The Morgan fingerprint density at radius 1 is 1.16 bits per heavy atom. The minimum absolute atomic E-state index is 0.147. The molecule has 4 heteroatoms. The molecule has 1 aromatic rings. The Hall–Kier alpha value is -1.16. The molecule has 2 rings (SSSR count). The molecule has 3 nitrogen and oxygen atoms in total. The maximum Gasteiger partial charge on any atom is 0.230 e. The van der Waals surface area contributed by atoms with Gasteiger partial charge in [-0.3, -0.25) is 4.79 Å². The molecule has 0 radical (unpaired) electrons. The summed E-state index contributed by atoms with van der Waals surface area (Å²) < 4.78 is 0. The van der Waals surface area contributed by atoms with Gasteiger partial charge in [-0.25, -0.2) is 0 Å². The molecule has 0 heterocycles. The fourth-order valence-corrected chi connectivity index (χ4v) is 3.12. The summed E-state index contributed by atoms with van der Waals surface area (Å²) >= 11 is 1.56. The molecule has 104 valence electrons. The van der Waals surface area contributed by atoms with Crippen molar-refractivity contribution in [2.45, 2.75) is 49.5 Å². The Labute approximate surface area is 119 Å². The highest BCUT2D eigenvalue weighted by atomic mass is 32.2. The van der Waals surface area contributed by atoms with Crippen LogP contribution in [0.1, 0.15) is 38.5 Å². The lowest BCUT2D eigenvalue weighted by molar-refractivity contribution is -0.119. The second-order valence-corrected chi connectivity index (χ2v) is 6.16. The first-order chi connectivity index (χ1) is 9.24. The second kappa shape index (κ2) is 7.43. The molecule has 1 amide bonds. The molecule has 0 aromatic heterocycles. The van der Waals surface area contributed by atoms with E-state index in [-0.39, 0.29) is 5.91 Å². The molecule has 0 unspecified atom stereocenters. The molecule has 1 saturated carbocycles. The topological polar surface area (TPSA) is 55.1 Å². The van der Waals surface area contributed by atoms with E-state index in [0.717, 1.165) is 23.4 Å². The molecule has 19 heavy (non-hydrogen) atoms. The van der Waals surface area contributed by atoms with Gasteiger partial charge in [0.25, 0.3) is 0 Å². The summed E-state index contributed by atoms with van der Waals surface area (Å²) in [5.74, 6) is 0.633. The van der Waals surface area contributed by atoms with Crippen LogP contribution < -0.4 is 11.1 Å². The predicted molar refractivity (Wildman–Crippen MR) is 81.2 cm³/mol. The number of rotatable bonds is 4. The van der Waals surface area contributed by atoms with Gasteiger partial charge in [-0.15, -0.1) is 11.8 Å². The zero-order valence-corrected chi connectivity index (χ0v) is 12.0. The number of carbonyl (C=O) groups excluding carboxylic acids is 1. The molecular formula is C15H22N2OS. The summed E-state index contributed by atoms with van der Waals surface area (Å²) in [6.07, 6.45) is 7.39. The van der Waals surface area contributed by atoms with Gasteiger partial charge in [0, 0.05) is 16.6 Å². The van der Waals surface area contributed by atoms with Gasteiger partial charge in [-0.1, -0.05) is 25.7 Å². The number of thioether (sulfide) groups is 1. The van der Waals surface area contributed by atoms with E-state index in [4.69, 9.17) is 5.73 Å². The number of hydrogen-bond donors (Lipinski definition) is 2. The van der Waals surface area contributed by atoms with E-state index in [1.807, 2.05) is 24.3 Å². The van der Waals surface area contributed by atoms with Gasteiger partial charge in [0.2, 0.25) is 5.91 Å². The summed E-state index contributed by atoms with van der Waals surface area (Å²) in [4.78, 5) is 13.0. The molecule has 1 aromatic carbocycles. The van der Waals surface area contributed by atoms with E-state index in [0.29, 0.717) is 11.8 Å². The molecule has 0 bridgehead atoms. The van der Waals surface area contributed by atoms with Crippen LogP contribution in [0.3, 0.4) is 0 Å². The SMILES string of the molecule is Nc1ccc(SCC(=O)NC2CCCCCC2)cc1. The smallest absolute Gasteiger partial charge is 0.230 e. The highest BCUT2D eigenvalue weighted by molar-refractivity contribution is 8.00. The van der Waals surface area contributed by atoms with Gasteiger partial charge >= 0.3 is 0 Å². The van der Waals surface area contributed by atoms with Crippen LogP contribution in [0.15, 0.2) is 29.2 Å². The van der Waals surface area contributed by atoms with Crippen molar-refractivity contribution in [1.29, 1.82) is 0 Å².